The molecule has 2 aliphatic heterocycles. The molecular weight excluding hydrogens is 180 g/mol. The van der Waals surface area contributed by atoms with E-state index in [0.717, 1.165) is 13.1 Å². The zero-order chi connectivity index (χ0) is 9.97. The maximum atomic E-state index is 11.8. The van der Waals surface area contributed by atoms with Crippen LogP contribution in [0.1, 0.15) is 6.92 Å². The molecule has 76 valence electrons. The highest BCUT2D eigenvalue weighted by molar-refractivity contribution is 5.82. The molecule has 0 aromatic heterocycles. The highest BCUT2D eigenvalue weighted by Gasteiger charge is 2.27. The van der Waals surface area contributed by atoms with Crippen molar-refractivity contribution in [1.29, 1.82) is 0 Å². The second kappa shape index (κ2) is 3.79. The fourth-order valence-corrected chi connectivity index (χ4v) is 1.61. The first kappa shape index (κ1) is 9.21. The lowest BCUT2D eigenvalue weighted by molar-refractivity contribution is -0.148. The van der Waals surface area contributed by atoms with Gasteiger partial charge in [0, 0.05) is 25.2 Å². The van der Waals surface area contributed by atoms with Crippen LogP contribution in [-0.2, 0) is 4.79 Å². The van der Waals surface area contributed by atoms with Crippen LogP contribution in [0.4, 0.5) is 0 Å². The van der Waals surface area contributed by atoms with Crippen molar-refractivity contribution in [2.45, 2.75) is 13.0 Å². The number of amides is 1. The molecule has 0 spiro atoms. The highest BCUT2D eigenvalue weighted by atomic mass is 16.2. The number of piperazine rings is 1. The number of carbonyl (C=O) groups excluding carboxylic acids is 1. The number of hydrogen-bond donors (Lipinski definition) is 1. The molecule has 1 unspecified atom stereocenters. The monoisotopic (exact) mass is 194 g/mol. The molecule has 5 nitrogen and oxygen atoms in total. The first-order chi connectivity index (χ1) is 6.79. The molecule has 1 saturated heterocycles. The van der Waals surface area contributed by atoms with Crippen LogP contribution in [-0.4, -0.2) is 47.8 Å². The topological polar surface area (TPSA) is 47.9 Å². The van der Waals surface area contributed by atoms with Gasteiger partial charge in [0.15, 0.2) is 0 Å². The van der Waals surface area contributed by atoms with Gasteiger partial charge in [0.05, 0.1) is 19.1 Å². The zero-order valence-electron chi connectivity index (χ0n) is 8.18. The Balaban J connectivity index is 2.05. The molecular formula is C9H14N4O. The van der Waals surface area contributed by atoms with Gasteiger partial charge in [0.25, 0.3) is 5.91 Å². The van der Waals surface area contributed by atoms with Crippen molar-refractivity contribution in [2.75, 3.05) is 19.6 Å². The van der Waals surface area contributed by atoms with Crippen LogP contribution in [0.25, 0.3) is 0 Å². The number of aliphatic imine (C=N–C) groups is 1. The van der Waals surface area contributed by atoms with Crippen molar-refractivity contribution in [3.63, 3.8) is 0 Å². The second-order valence-electron chi connectivity index (χ2n) is 3.39. The Morgan fingerprint density at radius 2 is 2.50 bits per heavy atom. The Kier molecular flexibility index (Phi) is 2.49. The fourth-order valence-electron chi connectivity index (χ4n) is 1.61. The molecule has 0 aliphatic carbocycles. The summed E-state index contributed by atoms with van der Waals surface area (Å²) < 4.78 is 0. The summed E-state index contributed by atoms with van der Waals surface area (Å²) in [5.74, 6) is 0.121. The molecule has 1 amide bonds. The van der Waals surface area contributed by atoms with Crippen molar-refractivity contribution in [1.82, 2.24) is 15.3 Å². The predicted octanol–water partition coefficient (Wildman–Crippen LogP) is -0.421. The summed E-state index contributed by atoms with van der Waals surface area (Å²) in [7, 11) is 0. The fraction of sp³-hybridized carbons (Fsp3) is 0.556. The van der Waals surface area contributed by atoms with E-state index in [-0.39, 0.29) is 11.9 Å². The molecule has 0 aromatic carbocycles. The van der Waals surface area contributed by atoms with E-state index >= 15 is 0 Å². The van der Waals surface area contributed by atoms with E-state index in [4.69, 9.17) is 0 Å². The number of rotatable bonds is 1. The van der Waals surface area contributed by atoms with Crippen molar-refractivity contribution in [2.24, 2.45) is 4.99 Å². The summed E-state index contributed by atoms with van der Waals surface area (Å²) in [6.07, 6.45) is 5.32. The van der Waals surface area contributed by atoms with Gasteiger partial charge in [-0.3, -0.25) is 19.8 Å². The normalized spacial score (nSPS) is 27.2. The van der Waals surface area contributed by atoms with E-state index in [2.05, 4.69) is 10.3 Å². The summed E-state index contributed by atoms with van der Waals surface area (Å²) in [5.41, 5.74) is 0. The largest absolute Gasteiger partial charge is 0.304 e. The van der Waals surface area contributed by atoms with Gasteiger partial charge < -0.3 is 5.32 Å². The van der Waals surface area contributed by atoms with Gasteiger partial charge in [-0.05, 0) is 6.92 Å². The highest BCUT2D eigenvalue weighted by Crippen LogP contribution is 2.07. The molecule has 0 saturated carbocycles. The SMILES string of the molecule is CC1NCCN(N2C=CN=CC2)C1=O. The van der Waals surface area contributed by atoms with Gasteiger partial charge in [0.1, 0.15) is 0 Å². The van der Waals surface area contributed by atoms with E-state index in [1.54, 1.807) is 17.4 Å². The summed E-state index contributed by atoms with van der Waals surface area (Å²) in [4.78, 5) is 15.7. The molecule has 2 heterocycles. The molecule has 0 radical (unpaired) electrons. The third kappa shape index (κ3) is 1.63. The zero-order valence-corrected chi connectivity index (χ0v) is 8.18. The lowest BCUT2D eigenvalue weighted by Crippen LogP contribution is -2.58. The molecule has 1 fully saturated rings. The minimum absolute atomic E-state index is 0.0870. The van der Waals surface area contributed by atoms with Crippen LogP contribution < -0.4 is 5.32 Å². The lowest BCUT2D eigenvalue weighted by atomic mass is 10.2. The first-order valence-corrected chi connectivity index (χ1v) is 4.78. The molecule has 5 heteroatoms. The lowest BCUT2D eigenvalue weighted by Gasteiger charge is -2.38. The maximum Gasteiger partial charge on any atom is 0.257 e. The Morgan fingerprint density at radius 1 is 1.64 bits per heavy atom. The standard InChI is InChI=1S/C9H14N4O/c1-8-9(14)13(7-4-11-8)12-5-2-10-3-6-12/h2-3,5,8,11H,4,6-7H2,1H3. The van der Waals surface area contributed by atoms with E-state index in [0.29, 0.717) is 6.54 Å². The quantitative estimate of drug-likeness (QED) is 0.616. The summed E-state index contributed by atoms with van der Waals surface area (Å²) in [6.45, 7) is 4.13. The van der Waals surface area contributed by atoms with Crippen LogP contribution in [0.5, 0.6) is 0 Å². The predicted molar refractivity (Wildman–Crippen MR) is 53.5 cm³/mol. The molecule has 0 bridgehead atoms. The van der Waals surface area contributed by atoms with Crippen LogP contribution in [0, 0.1) is 0 Å². The third-order valence-electron chi connectivity index (χ3n) is 2.41. The van der Waals surface area contributed by atoms with Gasteiger partial charge in [-0.15, -0.1) is 0 Å². The van der Waals surface area contributed by atoms with E-state index in [1.165, 1.54) is 0 Å². The van der Waals surface area contributed by atoms with Crippen molar-refractivity contribution in [3.8, 4) is 0 Å². The number of carbonyl (C=O) groups is 1. The minimum atomic E-state index is -0.0870. The minimum Gasteiger partial charge on any atom is -0.304 e. The summed E-state index contributed by atoms with van der Waals surface area (Å²) >= 11 is 0. The van der Waals surface area contributed by atoms with Gasteiger partial charge in [-0.1, -0.05) is 0 Å². The molecule has 1 N–H and O–H groups in total. The third-order valence-corrected chi connectivity index (χ3v) is 2.41. The van der Waals surface area contributed by atoms with Crippen molar-refractivity contribution < 1.29 is 4.79 Å². The van der Waals surface area contributed by atoms with E-state index in [9.17, 15) is 4.79 Å². The van der Waals surface area contributed by atoms with Crippen LogP contribution in [0.15, 0.2) is 17.4 Å². The average Bonchev–Trinajstić information content (AvgIpc) is 2.23. The second-order valence-corrected chi connectivity index (χ2v) is 3.39. The van der Waals surface area contributed by atoms with E-state index in [1.807, 2.05) is 18.1 Å². The molecule has 2 rings (SSSR count). The van der Waals surface area contributed by atoms with Crippen LogP contribution >= 0.6 is 0 Å². The van der Waals surface area contributed by atoms with Gasteiger partial charge in [-0.2, -0.15) is 0 Å². The number of nitrogens with zero attached hydrogens (tertiary/aromatic N) is 3. The molecule has 1 atom stereocenters. The van der Waals surface area contributed by atoms with E-state index < -0.39 is 0 Å². The maximum absolute atomic E-state index is 11.8. The molecule has 0 aromatic rings. The number of hydrazine groups is 1. The van der Waals surface area contributed by atoms with Crippen LogP contribution in [0.2, 0.25) is 0 Å². The molecule has 14 heavy (non-hydrogen) atoms. The Morgan fingerprint density at radius 3 is 3.21 bits per heavy atom. The summed E-state index contributed by atoms with van der Waals surface area (Å²) in [6, 6.07) is -0.0870. The summed E-state index contributed by atoms with van der Waals surface area (Å²) in [5, 5.41) is 6.79. The Bertz CT molecular complexity index is 287. The van der Waals surface area contributed by atoms with Crippen molar-refractivity contribution in [3.05, 3.63) is 12.4 Å². The Labute approximate surface area is 83.1 Å². The van der Waals surface area contributed by atoms with Gasteiger partial charge in [-0.25, -0.2) is 0 Å². The van der Waals surface area contributed by atoms with Crippen molar-refractivity contribution >= 4 is 12.1 Å². The van der Waals surface area contributed by atoms with Gasteiger partial charge >= 0.3 is 0 Å². The van der Waals surface area contributed by atoms with Gasteiger partial charge in [0.2, 0.25) is 0 Å². The number of nitrogens with one attached hydrogen (secondary N) is 1. The first-order valence-electron chi connectivity index (χ1n) is 4.78. The van der Waals surface area contributed by atoms with Crippen LogP contribution in [0.3, 0.4) is 0 Å². The Hall–Kier alpha value is -1.36. The average molecular weight is 194 g/mol. The number of hydrogen-bond acceptors (Lipinski definition) is 4. The smallest absolute Gasteiger partial charge is 0.257 e. The molecule has 2 aliphatic rings.